The minimum Gasteiger partial charge on any atom is -0.382 e. The number of nitrogens with one attached hydrogen (secondary N) is 2. The summed E-state index contributed by atoms with van der Waals surface area (Å²) in [5.74, 6) is 0.0268. The first kappa shape index (κ1) is 18.3. The molecule has 0 saturated heterocycles. The lowest BCUT2D eigenvalue weighted by atomic mass is 10.3. The molecule has 0 aromatic heterocycles. The Labute approximate surface area is 116 Å². The van der Waals surface area contributed by atoms with E-state index in [-0.39, 0.29) is 5.91 Å². The Morgan fingerprint density at radius 1 is 1.21 bits per heavy atom. The first-order valence-corrected chi connectivity index (χ1v) is 6.94. The van der Waals surface area contributed by atoms with Gasteiger partial charge in [0, 0.05) is 20.7 Å². The zero-order valence-electron chi connectivity index (χ0n) is 12.5. The molecule has 0 spiro atoms. The van der Waals surface area contributed by atoms with E-state index in [4.69, 9.17) is 9.47 Å². The third kappa shape index (κ3) is 12.1. The first-order valence-electron chi connectivity index (χ1n) is 6.94. The van der Waals surface area contributed by atoms with Gasteiger partial charge in [0.25, 0.3) is 0 Å². The molecule has 0 aliphatic rings. The highest BCUT2D eigenvalue weighted by Gasteiger charge is 2.02. The van der Waals surface area contributed by atoms with Crippen LogP contribution in [0, 0.1) is 0 Å². The number of nitrogens with zero attached hydrogens (tertiary/aromatic N) is 1. The molecular formula is C13H29N3O3. The van der Waals surface area contributed by atoms with Crippen LogP contribution in [0.2, 0.25) is 0 Å². The summed E-state index contributed by atoms with van der Waals surface area (Å²) < 4.78 is 10.4. The number of carbonyl (C=O) groups is 1. The van der Waals surface area contributed by atoms with E-state index in [0.717, 1.165) is 39.2 Å². The quantitative estimate of drug-likeness (QED) is 0.452. The molecule has 0 radical (unpaired) electrons. The third-order valence-electron chi connectivity index (χ3n) is 2.82. The van der Waals surface area contributed by atoms with Gasteiger partial charge in [-0.2, -0.15) is 0 Å². The lowest BCUT2D eigenvalue weighted by Gasteiger charge is -2.20. The van der Waals surface area contributed by atoms with Crippen LogP contribution < -0.4 is 10.6 Å². The highest BCUT2D eigenvalue weighted by molar-refractivity contribution is 5.77. The topological polar surface area (TPSA) is 62.8 Å². The number of hydrogen-bond donors (Lipinski definition) is 2. The van der Waals surface area contributed by atoms with Gasteiger partial charge in [0.2, 0.25) is 5.91 Å². The summed E-state index contributed by atoms with van der Waals surface area (Å²) in [6.07, 6.45) is 1.03. The molecule has 0 aromatic carbocycles. The Kier molecular flexibility index (Phi) is 13.2. The van der Waals surface area contributed by atoms with E-state index in [1.165, 1.54) is 0 Å². The lowest BCUT2D eigenvalue weighted by Crippen LogP contribution is -2.34. The zero-order valence-corrected chi connectivity index (χ0v) is 12.5. The van der Waals surface area contributed by atoms with Gasteiger partial charge in [-0.25, -0.2) is 0 Å². The predicted molar refractivity (Wildman–Crippen MR) is 76.4 cm³/mol. The second-order valence-corrected chi connectivity index (χ2v) is 4.24. The van der Waals surface area contributed by atoms with E-state index in [1.54, 1.807) is 14.2 Å². The summed E-state index contributed by atoms with van der Waals surface area (Å²) in [7, 11) is 3.32. The average molecular weight is 275 g/mol. The Morgan fingerprint density at radius 2 is 2.00 bits per heavy atom. The van der Waals surface area contributed by atoms with Crippen molar-refractivity contribution in [3.63, 3.8) is 0 Å². The van der Waals surface area contributed by atoms with Crippen molar-refractivity contribution in [1.29, 1.82) is 0 Å². The fourth-order valence-electron chi connectivity index (χ4n) is 1.58. The SMILES string of the molecule is CCN(CCCNCC(=O)NC)CCOCCOC. The van der Waals surface area contributed by atoms with Crippen molar-refractivity contribution in [2.45, 2.75) is 13.3 Å². The molecule has 0 aliphatic carbocycles. The molecule has 1 amide bonds. The molecular weight excluding hydrogens is 246 g/mol. The second-order valence-electron chi connectivity index (χ2n) is 4.24. The van der Waals surface area contributed by atoms with Gasteiger partial charge < -0.3 is 25.0 Å². The fraction of sp³-hybridized carbons (Fsp3) is 0.923. The fourth-order valence-corrected chi connectivity index (χ4v) is 1.58. The number of ether oxygens (including phenoxy) is 2. The average Bonchev–Trinajstić information content (AvgIpc) is 2.44. The summed E-state index contributed by atoms with van der Waals surface area (Å²) in [4.78, 5) is 13.3. The molecule has 2 N–H and O–H groups in total. The van der Waals surface area contributed by atoms with Gasteiger partial charge in [0.05, 0.1) is 26.4 Å². The molecule has 0 heterocycles. The minimum atomic E-state index is 0.0268. The molecule has 0 aromatic rings. The van der Waals surface area contributed by atoms with Crippen LogP contribution in [0.3, 0.4) is 0 Å². The molecule has 0 bridgehead atoms. The van der Waals surface area contributed by atoms with Crippen LogP contribution in [0.5, 0.6) is 0 Å². The van der Waals surface area contributed by atoms with Gasteiger partial charge in [-0.3, -0.25) is 4.79 Å². The summed E-state index contributed by atoms with van der Waals surface area (Å²) in [6.45, 7) is 8.41. The Balaban J connectivity index is 3.41. The van der Waals surface area contributed by atoms with E-state index in [9.17, 15) is 4.79 Å². The molecule has 0 atom stereocenters. The summed E-state index contributed by atoms with van der Waals surface area (Å²) in [6, 6.07) is 0. The van der Waals surface area contributed by atoms with Crippen LogP contribution >= 0.6 is 0 Å². The second kappa shape index (κ2) is 13.7. The highest BCUT2D eigenvalue weighted by atomic mass is 16.5. The number of carbonyl (C=O) groups excluding carboxylic acids is 1. The van der Waals surface area contributed by atoms with Crippen molar-refractivity contribution < 1.29 is 14.3 Å². The number of hydrogen-bond acceptors (Lipinski definition) is 5. The molecule has 19 heavy (non-hydrogen) atoms. The third-order valence-corrected chi connectivity index (χ3v) is 2.82. The summed E-state index contributed by atoms with van der Waals surface area (Å²) >= 11 is 0. The van der Waals surface area contributed by atoms with Crippen LogP contribution in [0.25, 0.3) is 0 Å². The van der Waals surface area contributed by atoms with Gasteiger partial charge in [-0.05, 0) is 26.1 Å². The van der Waals surface area contributed by atoms with Crippen LogP contribution in [-0.4, -0.2) is 77.5 Å². The monoisotopic (exact) mass is 275 g/mol. The van der Waals surface area contributed by atoms with Crippen LogP contribution in [0.1, 0.15) is 13.3 Å². The number of rotatable bonds is 13. The summed E-state index contributed by atoms with van der Waals surface area (Å²) in [5, 5.41) is 5.69. The summed E-state index contributed by atoms with van der Waals surface area (Å²) in [5.41, 5.74) is 0. The molecule has 114 valence electrons. The normalized spacial score (nSPS) is 10.9. The van der Waals surface area contributed by atoms with Crippen LogP contribution in [0.15, 0.2) is 0 Å². The lowest BCUT2D eigenvalue weighted by molar-refractivity contribution is -0.119. The van der Waals surface area contributed by atoms with Crippen molar-refractivity contribution >= 4 is 5.91 Å². The van der Waals surface area contributed by atoms with Gasteiger partial charge in [-0.1, -0.05) is 6.92 Å². The Bertz CT molecular complexity index is 215. The molecule has 0 aliphatic heterocycles. The van der Waals surface area contributed by atoms with Crippen molar-refractivity contribution in [2.24, 2.45) is 0 Å². The predicted octanol–water partition coefficient (Wildman–Crippen LogP) is -0.303. The van der Waals surface area contributed by atoms with Crippen molar-refractivity contribution in [3.05, 3.63) is 0 Å². The number of amides is 1. The van der Waals surface area contributed by atoms with Crippen LogP contribution in [0.4, 0.5) is 0 Å². The van der Waals surface area contributed by atoms with Crippen molar-refractivity contribution in [1.82, 2.24) is 15.5 Å². The molecule has 0 unspecified atom stereocenters. The van der Waals surface area contributed by atoms with E-state index < -0.39 is 0 Å². The maximum absolute atomic E-state index is 11.0. The Hall–Kier alpha value is -0.690. The van der Waals surface area contributed by atoms with Crippen molar-refractivity contribution in [2.75, 3.05) is 66.7 Å². The van der Waals surface area contributed by atoms with Gasteiger partial charge in [0.15, 0.2) is 0 Å². The number of likely N-dealkylation sites (N-methyl/N-ethyl adjacent to an activating group) is 2. The van der Waals surface area contributed by atoms with E-state index in [0.29, 0.717) is 19.8 Å². The highest BCUT2D eigenvalue weighted by Crippen LogP contribution is 1.91. The minimum absolute atomic E-state index is 0.0268. The molecule has 6 heteroatoms. The Morgan fingerprint density at radius 3 is 2.63 bits per heavy atom. The largest absolute Gasteiger partial charge is 0.382 e. The van der Waals surface area contributed by atoms with E-state index >= 15 is 0 Å². The molecule has 0 rings (SSSR count). The smallest absolute Gasteiger partial charge is 0.233 e. The maximum atomic E-state index is 11.0. The van der Waals surface area contributed by atoms with E-state index in [1.807, 2.05) is 0 Å². The standard InChI is InChI=1S/C13H29N3O3/c1-4-16(8-9-19-11-10-18-3)7-5-6-15-12-13(17)14-2/h15H,4-12H2,1-3H3,(H,14,17). The molecule has 0 fully saturated rings. The van der Waals surface area contributed by atoms with Crippen LogP contribution in [-0.2, 0) is 14.3 Å². The molecule has 6 nitrogen and oxygen atoms in total. The van der Waals surface area contributed by atoms with Gasteiger partial charge >= 0.3 is 0 Å². The van der Waals surface area contributed by atoms with E-state index in [2.05, 4.69) is 22.5 Å². The van der Waals surface area contributed by atoms with Crippen molar-refractivity contribution in [3.8, 4) is 0 Å². The zero-order chi connectivity index (χ0) is 14.3. The van der Waals surface area contributed by atoms with Gasteiger partial charge in [0.1, 0.15) is 0 Å². The maximum Gasteiger partial charge on any atom is 0.233 e. The first-order chi connectivity index (χ1) is 9.24. The van der Waals surface area contributed by atoms with Gasteiger partial charge in [-0.15, -0.1) is 0 Å². The molecule has 0 saturated carbocycles. The number of methoxy groups -OCH3 is 1.